The van der Waals surface area contributed by atoms with Gasteiger partial charge in [0, 0.05) is 38.3 Å². The van der Waals surface area contributed by atoms with Crippen molar-refractivity contribution in [1.82, 2.24) is 9.80 Å². The fourth-order valence-electron chi connectivity index (χ4n) is 1.58. The summed E-state index contributed by atoms with van der Waals surface area (Å²) in [6.07, 6.45) is 2.09. The van der Waals surface area contributed by atoms with Crippen LogP contribution < -0.4 is 11.5 Å². The van der Waals surface area contributed by atoms with Crippen LogP contribution in [0, 0.1) is 0 Å². The normalized spacial score (nSPS) is 15.8. The molecule has 0 aromatic rings. The Hall–Kier alpha value is -0.160. The second kappa shape index (κ2) is 8.93. The molecule has 0 heterocycles. The first-order valence-corrected chi connectivity index (χ1v) is 6.37. The highest BCUT2D eigenvalue weighted by Crippen LogP contribution is 1.94. The third-order valence-electron chi connectivity index (χ3n) is 3.00. The molecule has 0 saturated heterocycles. The number of nitrogens with two attached hydrogens (primary N) is 2. The Balaban J connectivity index is 3.62. The molecule has 98 valence electrons. The smallest absolute Gasteiger partial charge is 0.0165 e. The van der Waals surface area contributed by atoms with E-state index < -0.39 is 0 Å². The van der Waals surface area contributed by atoms with Crippen LogP contribution in [0.5, 0.6) is 0 Å². The summed E-state index contributed by atoms with van der Waals surface area (Å²) >= 11 is 0. The van der Waals surface area contributed by atoms with Crippen molar-refractivity contribution >= 4 is 0 Å². The molecule has 2 atom stereocenters. The fraction of sp³-hybridized carbons (Fsp3) is 1.00. The Bertz CT molecular complexity index is 145. The highest BCUT2D eigenvalue weighted by atomic mass is 15.2. The van der Waals surface area contributed by atoms with Crippen LogP contribution in [-0.4, -0.2) is 62.2 Å². The van der Waals surface area contributed by atoms with Gasteiger partial charge in [-0.3, -0.25) is 0 Å². The lowest BCUT2D eigenvalue weighted by Gasteiger charge is -2.25. The molecule has 0 aliphatic heterocycles. The molecule has 4 N–H and O–H groups in total. The van der Waals surface area contributed by atoms with E-state index >= 15 is 0 Å². The number of rotatable bonds is 9. The van der Waals surface area contributed by atoms with Crippen molar-refractivity contribution in [3.63, 3.8) is 0 Å². The molecule has 0 amide bonds. The first-order valence-electron chi connectivity index (χ1n) is 6.37. The van der Waals surface area contributed by atoms with E-state index in [-0.39, 0.29) is 0 Å². The van der Waals surface area contributed by atoms with Gasteiger partial charge in [-0.15, -0.1) is 0 Å². The monoisotopic (exact) mass is 230 g/mol. The quantitative estimate of drug-likeness (QED) is 0.599. The summed E-state index contributed by atoms with van der Waals surface area (Å²) < 4.78 is 0. The van der Waals surface area contributed by atoms with E-state index in [4.69, 9.17) is 11.5 Å². The second-order valence-corrected chi connectivity index (χ2v) is 4.86. The van der Waals surface area contributed by atoms with Crippen LogP contribution in [0.4, 0.5) is 0 Å². The molecule has 0 aromatic heterocycles. The van der Waals surface area contributed by atoms with Crippen LogP contribution in [-0.2, 0) is 0 Å². The zero-order valence-corrected chi connectivity index (χ0v) is 11.4. The van der Waals surface area contributed by atoms with Gasteiger partial charge in [-0.2, -0.15) is 0 Å². The van der Waals surface area contributed by atoms with Crippen LogP contribution in [0.25, 0.3) is 0 Å². The average molecular weight is 230 g/mol. The summed E-state index contributed by atoms with van der Waals surface area (Å²) in [5.74, 6) is 0. The summed E-state index contributed by atoms with van der Waals surface area (Å²) in [5, 5.41) is 0. The lowest BCUT2D eigenvalue weighted by atomic mass is 10.2. The molecule has 16 heavy (non-hydrogen) atoms. The first kappa shape index (κ1) is 15.8. The van der Waals surface area contributed by atoms with E-state index in [1.54, 1.807) is 0 Å². The second-order valence-electron chi connectivity index (χ2n) is 4.86. The maximum absolute atomic E-state index is 5.91. The third kappa shape index (κ3) is 8.05. The summed E-state index contributed by atoms with van der Waals surface area (Å²) in [6.45, 7) is 8.32. The van der Waals surface area contributed by atoms with Gasteiger partial charge in [0.15, 0.2) is 0 Å². The molecule has 0 aliphatic carbocycles. The lowest BCUT2D eigenvalue weighted by Crippen LogP contribution is -2.41. The van der Waals surface area contributed by atoms with E-state index in [9.17, 15) is 0 Å². The van der Waals surface area contributed by atoms with Crippen LogP contribution >= 0.6 is 0 Å². The Morgan fingerprint density at radius 1 is 0.812 bits per heavy atom. The average Bonchev–Trinajstić information content (AvgIpc) is 2.26. The molecule has 2 unspecified atom stereocenters. The largest absolute Gasteiger partial charge is 0.327 e. The molecule has 4 nitrogen and oxygen atoms in total. The molecular formula is C12H30N4. The Morgan fingerprint density at radius 2 is 1.12 bits per heavy atom. The van der Waals surface area contributed by atoms with Gasteiger partial charge < -0.3 is 21.3 Å². The molecule has 0 aliphatic rings. The van der Waals surface area contributed by atoms with E-state index in [0.29, 0.717) is 12.1 Å². The van der Waals surface area contributed by atoms with Crippen molar-refractivity contribution in [2.45, 2.75) is 38.8 Å². The van der Waals surface area contributed by atoms with Crippen molar-refractivity contribution in [2.24, 2.45) is 11.5 Å². The van der Waals surface area contributed by atoms with Gasteiger partial charge in [0.2, 0.25) is 0 Å². The first-order chi connectivity index (χ1) is 7.49. The maximum atomic E-state index is 5.91. The minimum Gasteiger partial charge on any atom is -0.327 e. The Kier molecular flexibility index (Phi) is 8.84. The fourth-order valence-corrected chi connectivity index (χ4v) is 1.58. The van der Waals surface area contributed by atoms with Gasteiger partial charge in [0.05, 0.1) is 0 Å². The Labute approximate surface area is 101 Å². The van der Waals surface area contributed by atoms with Gasteiger partial charge in [0.1, 0.15) is 0 Å². The molecular weight excluding hydrogens is 200 g/mol. The van der Waals surface area contributed by atoms with E-state index in [0.717, 1.165) is 39.0 Å². The van der Waals surface area contributed by atoms with Crippen molar-refractivity contribution in [2.75, 3.05) is 40.3 Å². The molecule has 0 rings (SSSR count). The molecule has 0 aromatic carbocycles. The molecule has 0 radical (unpaired) electrons. The predicted octanol–water partition coefficient (Wildman–Crippen LogP) is 0.325. The zero-order valence-electron chi connectivity index (χ0n) is 11.4. The zero-order chi connectivity index (χ0) is 12.6. The minimum atomic E-state index is 0.299. The molecule has 0 bridgehead atoms. The van der Waals surface area contributed by atoms with Crippen molar-refractivity contribution in [1.29, 1.82) is 0 Å². The molecule has 0 spiro atoms. The van der Waals surface area contributed by atoms with Gasteiger partial charge >= 0.3 is 0 Å². The van der Waals surface area contributed by atoms with Crippen LogP contribution in [0.15, 0.2) is 0 Å². The number of hydrogen-bond donors (Lipinski definition) is 2. The van der Waals surface area contributed by atoms with E-state index in [2.05, 4.69) is 37.7 Å². The SMILES string of the molecule is CCC(N)CN(C)CCN(C)CC(N)CC. The van der Waals surface area contributed by atoms with Crippen molar-refractivity contribution < 1.29 is 0 Å². The predicted molar refractivity (Wildman–Crippen MR) is 71.5 cm³/mol. The molecule has 0 fully saturated rings. The van der Waals surface area contributed by atoms with Crippen LogP contribution in [0.2, 0.25) is 0 Å². The van der Waals surface area contributed by atoms with Gasteiger partial charge in [-0.1, -0.05) is 13.8 Å². The summed E-state index contributed by atoms with van der Waals surface area (Å²) in [6, 6.07) is 0.599. The van der Waals surface area contributed by atoms with Gasteiger partial charge in [-0.25, -0.2) is 0 Å². The standard InChI is InChI=1S/C12H30N4/c1-5-11(13)9-15(3)7-8-16(4)10-12(14)6-2/h11-12H,5-10,13-14H2,1-4H3. The summed E-state index contributed by atoms with van der Waals surface area (Å²) in [5.41, 5.74) is 11.8. The van der Waals surface area contributed by atoms with Gasteiger partial charge in [-0.05, 0) is 26.9 Å². The summed E-state index contributed by atoms with van der Waals surface area (Å²) in [4.78, 5) is 4.59. The minimum absolute atomic E-state index is 0.299. The Morgan fingerprint density at radius 3 is 1.38 bits per heavy atom. The number of likely N-dealkylation sites (N-methyl/N-ethyl adjacent to an activating group) is 2. The third-order valence-corrected chi connectivity index (χ3v) is 3.00. The van der Waals surface area contributed by atoms with Crippen LogP contribution in [0.3, 0.4) is 0 Å². The van der Waals surface area contributed by atoms with Crippen molar-refractivity contribution in [3.05, 3.63) is 0 Å². The van der Waals surface area contributed by atoms with Crippen LogP contribution in [0.1, 0.15) is 26.7 Å². The van der Waals surface area contributed by atoms with E-state index in [1.165, 1.54) is 0 Å². The number of hydrogen-bond acceptors (Lipinski definition) is 4. The van der Waals surface area contributed by atoms with Gasteiger partial charge in [0.25, 0.3) is 0 Å². The molecule has 0 saturated carbocycles. The highest BCUT2D eigenvalue weighted by molar-refractivity contribution is 4.67. The summed E-state index contributed by atoms with van der Waals surface area (Å²) in [7, 11) is 4.26. The number of nitrogens with zero attached hydrogens (tertiary/aromatic N) is 2. The van der Waals surface area contributed by atoms with Crippen molar-refractivity contribution in [3.8, 4) is 0 Å². The van der Waals surface area contributed by atoms with E-state index in [1.807, 2.05) is 0 Å². The topological polar surface area (TPSA) is 58.5 Å². The highest BCUT2D eigenvalue weighted by Gasteiger charge is 2.07. The molecule has 4 heteroatoms. The maximum Gasteiger partial charge on any atom is 0.0165 e. The lowest BCUT2D eigenvalue weighted by molar-refractivity contribution is 0.237.